The summed E-state index contributed by atoms with van der Waals surface area (Å²) in [4.78, 5) is 13.3. The monoisotopic (exact) mass is 328 g/mol. The smallest absolute Gasteiger partial charge is 0.224 e. The van der Waals surface area contributed by atoms with Crippen molar-refractivity contribution in [1.29, 1.82) is 0 Å². The van der Waals surface area contributed by atoms with Gasteiger partial charge < -0.3 is 9.88 Å². The highest BCUT2D eigenvalue weighted by Gasteiger charge is 2.15. The summed E-state index contributed by atoms with van der Waals surface area (Å²) >= 11 is 1.50. The van der Waals surface area contributed by atoms with Gasteiger partial charge in [0, 0.05) is 18.4 Å². The van der Waals surface area contributed by atoms with E-state index in [0.717, 1.165) is 28.6 Å². The third-order valence-corrected chi connectivity index (χ3v) is 4.96. The maximum absolute atomic E-state index is 12.3. The van der Waals surface area contributed by atoms with E-state index in [2.05, 4.69) is 27.7 Å². The van der Waals surface area contributed by atoms with Crippen LogP contribution in [0.3, 0.4) is 0 Å². The fourth-order valence-corrected chi connectivity index (χ4v) is 3.47. The van der Waals surface area contributed by atoms with Gasteiger partial charge in [-0.25, -0.2) is 0 Å². The number of nitrogens with one attached hydrogen (secondary N) is 1. The molecule has 1 N–H and O–H groups in total. The molecule has 0 radical (unpaired) electrons. The summed E-state index contributed by atoms with van der Waals surface area (Å²) in [5.41, 5.74) is 0.824. The van der Waals surface area contributed by atoms with E-state index >= 15 is 0 Å². The second-order valence-corrected chi connectivity index (χ2v) is 6.70. The van der Waals surface area contributed by atoms with Gasteiger partial charge in [0.25, 0.3) is 0 Å². The molecule has 1 atom stereocenters. The molecule has 1 aromatic heterocycles. The third-order valence-electron chi connectivity index (χ3n) is 3.83. The molecular weight excluding hydrogens is 308 g/mol. The topological polar surface area (TPSA) is 59.8 Å². The summed E-state index contributed by atoms with van der Waals surface area (Å²) in [5.74, 6) is 0.426. The molecule has 120 valence electrons. The van der Waals surface area contributed by atoms with Crippen molar-refractivity contribution in [3.63, 3.8) is 0 Å². The van der Waals surface area contributed by atoms with Crippen molar-refractivity contribution in [2.45, 2.75) is 35.7 Å². The number of allylic oxidation sites excluding steroid dienone is 2. The molecule has 3 rings (SSSR count). The van der Waals surface area contributed by atoms with Gasteiger partial charge in [-0.2, -0.15) is 0 Å². The predicted octanol–water partition coefficient (Wildman–Crippen LogP) is 3.65. The average Bonchev–Trinajstić information content (AvgIpc) is 2.95. The van der Waals surface area contributed by atoms with E-state index in [1.54, 1.807) is 6.33 Å². The number of aromatic nitrogens is 3. The van der Waals surface area contributed by atoms with E-state index in [1.165, 1.54) is 18.2 Å². The molecule has 0 unspecified atom stereocenters. The Morgan fingerprint density at radius 3 is 3.04 bits per heavy atom. The van der Waals surface area contributed by atoms with E-state index in [4.69, 9.17) is 0 Å². The minimum atomic E-state index is 0.0626. The van der Waals surface area contributed by atoms with Gasteiger partial charge in [-0.1, -0.05) is 24.3 Å². The van der Waals surface area contributed by atoms with Crippen LogP contribution in [0.4, 0.5) is 5.69 Å². The molecule has 1 amide bonds. The first kappa shape index (κ1) is 15.8. The Bertz CT molecular complexity index is 710. The Morgan fingerprint density at radius 2 is 2.30 bits per heavy atom. The number of hydrogen-bond donors (Lipinski definition) is 1. The van der Waals surface area contributed by atoms with Gasteiger partial charge >= 0.3 is 0 Å². The molecule has 2 aromatic rings. The van der Waals surface area contributed by atoms with Crippen LogP contribution >= 0.6 is 11.8 Å². The van der Waals surface area contributed by atoms with Crippen molar-refractivity contribution >= 4 is 23.4 Å². The second-order valence-electron chi connectivity index (χ2n) is 5.69. The van der Waals surface area contributed by atoms with Crippen LogP contribution in [0.15, 0.2) is 52.8 Å². The summed E-state index contributed by atoms with van der Waals surface area (Å²) in [6, 6.07) is 7.79. The Morgan fingerprint density at radius 1 is 1.43 bits per heavy atom. The van der Waals surface area contributed by atoms with Gasteiger partial charge in [-0.05, 0) is 49.1 Å². The first-order valence-electron chi connectivity index (χ1n) is 7.80. The fourth-order valence-electron chi connectivity index (χ4n) is 2.61. The molecule has 1 heterocycles. The molecule has 0 saturated carbocycles. The number of hydrogen-bond acceptors (Lipinski definition) is 4. The molecule has 1 aromatic carbocycles. The summed E-state index contributed by atoms with van der Waals surface area (Å²) in [7, 11) is 1.90. The number of aryl methyl sites for hydroxylation is 1. The Kier molecular flexibility index (Phi) is 5.12. The quantitative estimate of drug-likeness (QED) is 0.851. The number of carbonyl (C=O) groups is 1. The van der Waals surface area contributed by atoms with Crippen LogP contribution in [0.25, 0.3) is 0 Å². The van der Waals surface area contributed by atoms with Gasteiger partial charge in [-0.15, -0.1) is 10.2 Å². The minimum absolute atomic E-state index is 0.0626. The zero-order chi connectivity index (χ0) is 16.1. The lowest BCUT2D eigenvalue weighted by atomic mass is 9.93. The highest BCUT2D eigenvalue weighted by Crippen LogP contribution is 2.32. The normalized spacial score (nSPS) is 17.2. The van der Waals surface area contributed by atoms with Crippen molar-refractivity contribution in [3.05, 3.63) is 42.7 Å². The summed E-state index contributed by atoms with van der Waals surface area (Å²) in [6.45, 7) is 0. The molecule has 0 bridgehead atoms. The molecule has 0 spiro atoms. The van der Waals surface area contributed by atoms with Crippen molar-refractivity contribution in [2.24, 2.45) is 13.0 Å². The number of anilines is 1. The van der Waals surface area contributed by atoms with E-state index in [-0.39, 0.29) is 5.91 Å². The molecule has 1 aliphatic carbocycles. The van der Waals surface area contributed by atoms with Crippen molar-refractivity contribution in [2.75, 3.05) is 5.32 Å². The lowest BCUT2D eigenvalue weighted by Crippen LogP contribution is -2.17. The molecule has 6 heteroatoms. The van der Waals surface area contributed by atoms with Crippen LogP contribution in [0.1, 0.15) is 25.7 Å². The van der Waals surface area contributed by atoms with Crippen LogP contribution in [-0.2, 0) is 11.8 Å². The maximum atomic E-state index is 12.3. The third kappa shape index (κ3) is 4.22. The number of carbonyl (C=O) groups excluding carboxylic acids is 1. The summed E-state index contributed by atoms with van der Waals surface area (Å²) in [5, 5.41) is 11.8. The minimum Gasteiger partial charge on any atom is -0.325 e. The zero-order valence-corrected chi connectivity index (χ0v) is 13.9. The highest BCUT2D eigenvalue weighted by molar-refractivity contribution is 7.99. The van der Waals surface area contributed by atoms with Crippen LogP contribution in [0.2, 0.25) is 0 Å². The molecule has 0 saturated heterocycles. The number of amides is 1. The van der Waals surface area contributed by atoms with Crippen molar-refractivity contribution in [3.8, 4) is 0 Å². The highest BCUT2D eigenvalue weighted by atomic mass is 32.2. The van der Waals surface area contributed by atoms with Crippen molar-refractivity contribution < 1.29 is 4.79 Å². The first-order chi connectivity index (χ1) is 11.2. The Hall–Kier alpha value is -2.08. The molecule has 23 heavy (non-hydrogen) atoms. The van der Waals surface area contributed by atoms with E-state index in [9.17, 15) is 4.79 Å². The molecule has 1 aliphatic rings. The fraction of sp³-hybridized carbons (Fsp3) is 0.353. The van der Waals surface area contributed by atoms with Crippen LogP contribution < -0.4 is 5.32 Å². The van der Waals surface area contributed by atoms with Crippen molar-refractivity contribution in [1.82, 2.24) is 14.8 Å². The summed E-state index contributed by atoms with van der Waals surface area (Å²) in [6.07, 6.45) is 9.96. The van der Waals surface area contributed by atoms with E-state index < -0.39 is 0 Å². The Labute approximate surface area is 140 Å². The van der Waals surface area contributed by atoms with Gasteiger partial charge in [0.2, 0.25) is 5.91 Å². The van der Waals surface area contributed by atoms with Gasteiger partial charge in [0.1, 0.15) is 6.33 Å². The first-order valence-corrected chi connectivity index (χ1v) is 8.61. The van der Waals surface area contributed by atoms with Gasteiger partial charge in [0.05, 0.1) is 5.69 Å². The number of nitrogens with zero attached hydrogens (tertiary/aromatic N) is 3. The number of rotatable bonds is 5. The average molecular weight is 328 g/mol. The van der Waals surface area contributed by atoms with Crippen LogP contribution in [-0.4, -0.2) is 20.7 Å². The standard InChI is InChI=1S/C17H20N4OS/c1-21-12-18-20-17(21)23-15-10-6-5-9-14(15)19-16(22)11-13-7-3-2-4-8-13/h3,5-7,9-10,12-13H,2,4,8,11H2,1H3,(H,19,22)/t13-/m1/s1. The van der Waals surface area contributed by atoms with E-state index in [1.807, 2.05) is 35.9 Å². The largest absolute Gasteiger partial charge is 0.325 e. The van der Waals surface area contributed by atoms with E-state index in [0.29, 0.717) is 12.3 Å². The van der Waals surface area contributed by atoms with Crippen LogP contribution in [0.5, 0.6) is 0 Å². The zero-order valence-electron chi connectivity index (χ0n) is 13.1. The summed E-state index contributed by atoms with van der Waals surface area (Å²) < 4.78 is 1.86. The molecular formula is C17H20N4OS. The molecule has 5 nitrogen and oxygen atoms in total. The molecule has 0 fully saturated rings. The number of para-hydroxylation sites is 1. The number of benzene rings is 1. The molecule has 0 aliphatic heterocycles. The van der Waals surface area contributed by atoms with Gasteiger partial charge in [0.15, 0.2) is 5.16 Å². The second kappa shape index (κ2) is 7.46. The predicted molar refractivity (Wildman–Crippen MR) is 91.3 cm³/mol. The maximum Gasteiger partial charge on any atom is 0.224 e. The van der Waals surface area contributed by atoms with Gasteiger partial charge in [-0.3, -0.25) is 4.79 Å². The SMILES string of the molecule is Cn1cnnc1Sc1ccccc1NC(=O)C[C@@H]1C=CCCC1. The lowest BCUT2D eigenvalue weighted by Gasteiger charge is -2.16. The van der Waals surface area contributed by atoms with Crippen LogP contribution in [0, 0.1) is 5.92 Å². The Balaban J connectivity index is 1.67. The lowest BCUT2D eigenvalue weighted by molar-refractivity contribution is -0.116.